The summed E-state index contributed by atoms with van der Waals surface area (Å²) in [5, 5.41) is 20.3. The largest absolute Gasteiger partial charge is 0.462 e. The van der Waals surface area contributed by atoms with Crippen LogP contribution in [0, 0.1) is 23.7 Å². The average Bonchev–Trinajstić information content (AvgIpc) is 2.45. The lowest BCUT2D eigenvalue weighted by atomic mass is 9.65. The Morgan fingerprint density at radius 3 is 2.74 bits per heavy atom. The Morgan fingerprint density at radius 1 is 1.22 bits per heavy atom. The number of carbonyl (C=O) groups is 1. The normalized spacial score (nSPS) is 43.6. The molecule has 0 aromatic heterocycles. The van der Waals surface area contributed by atoms with E-state index in [1.807, 2.05) is 0 Å². The van der Waals surface area contributed by atoms with E-state index in [1.54, 1.807) is 0 Å². The molecular weight excluding hydrogens is 292 g/mol. The molecule has 0 amide bonds. The number of esters is 1. The predicted molar refractivity (Wildman–Crippen MR) is 87.5 cm³/mol. The maximum atomic E-state index is 11.5. The van der Waals surface area contributed by atoms with Crippen LogP contribution in [0.4, 0.5) is 0 Å². The molecule has 1 heterocycles. The zero-order valence-electron chi connectivity index (χ0n) is 14.0. The van der Waals surface area contributed by atoms with Gasteiger partial charge in [0, 0.05) is 12.3 Å². The van der Waals surface area contributed by atoms with Gasteiger partial charge in [0.05, 0.1) is 18.6 Å². The van der Waals surface area contributed by atoms with Crippen LogP contribution >= 0.6 is 0 Å². The number of aliphatic hydroxyl groups excluding tert-OH is 2. The van der Waals surface area contributed by atoms with E-state index in [0.717, 1.165) is 19.3 Å². The molecule has 0 spiro atoms. The first-order valence-electron chi connectivity index (χ1n) is 8.89. The minimum Gasteiger partial charge on any atom is -0.462 e. The molecule has 1 saturated heterocycles. The fourth-order valence-corrected chi connectivity index (χ4v) is 4.55. The molecule has 7 atom stereocenters. The van der Waals surface area contributed by atoms with E-state index in [-0.39, 0.29) is 30.5 Å². The van der Waals surface area contributed by atoms with Crippen LogP contribution in [0.5, 0.6) is 0 Å². The maximum Gasteiger partial charge on any atom is 0.308 e. The summed E-state index contributed by atoms with van der Waals surface area (Å²) in [6.45, 7) is 4.35. The van der Waals surface area contributed by atoms with Gasteiger partial charge in [0.15, 0.2) is 0 Å². The van der Waals surface area contributed by atoms with Crippen molar-refractivity contribution in [3.05, 3.63) is 23.8 Å². The average molecular weight is 320 g/mol. The first-order valence-corrected chi connectivity index (χ1v) is 8.89. The molecule has 0 radical (unpaired) electrons. The van der Waals surface area contributed by atoms with Crippen LogP contribution in [0.3, 0.4) is 0 Å². The van der Waals surface area contributed by atoms with Gasteiger partial charge in [0.25, 0.3) is 0 Å². The molecule has 0 bridgehead atoms. The van der Waals surface area contributed by atoms with Crippen LogP contribution in [0.15, 0.2) is 23.8 Å². The zero-order valence-corrected chi connectivity index (χ0v) is 14.0. The number of carbonyl (C=O) groups excluding carboxylic acids is 1. The zero-order chi connectivity index (χ0) is 16.6. The second-order valence-electron chi connectivity index (χ2n) is 7.64. The summed E-state index contributed by atoms with van der Waals surface area (Å²) in [4.78, 5) is 11.5. The van der Waals surface area contributed by atoms with Crippen molar-refractivity contribution in [3.63, 3.8) is 0 Å². The van der Waals surface area contributed by atoms with Crippen LogP contribution in [0.1, 0.15) is 46.0 Å². The number of hydrogen-bond acceptors (Lipinski definition) is 4. The molecule has 4 heteroatoms. The van der Waals surface area contributed by atoms with Gasteiger partial charge in [-0.05, 0) is 42.6 Å². The maximum absolute atomic E-state index is 11.5. The highest BCUT2D eigenvalue weighted by molar-refractivity contribution is 5.70. The smallest absolute Gasteiger partial charge is 0.308 e. The van der Waals surface area contributed by atoms with Crippen molar-refractivity contribution < 1.29 is 19.7 Å². The number of aliphatic hydroxyl groups is 2. The first kappa shape index (κ1) is 16.7. The van der Waals surface area contributed by atoms with Gasteiger partial charge in [-0.3, -0.25) is 4.79 Å². The Balaban J connectivity index is 1.67. The minimum absolute atomic E-state index is 0.116. The monoisotopic (exact) mass is 320 g/mol. The van der Waals surface area contributed by atoms with E-state index in [4.69, 9.17) is 4.74 Å². The summed E-state index contributed by atoms with van der Waals surface area (Å²) in [6, 6.07) is 0. The molecule has 23 heavy (non-hydrogen) atoms. The quantitative estimate of drug-likeness (QED) is 0.785. The topological polar surface area (TPSA) is 66.8 Å². The molecule has 2 aliphatic carbocycles. The molecular formula is C19H28O4. The second kappa shape index (κ2) is 6.78. The Morgan fingerprint density at radius 2 is 2.00 bits per heavy atom. The van der Waals surface area contributed by atoms with Gasteiger partial charge in [-0.15, -0.1) is 0 Å². The highest BCUT2D eigenvalue weighted by Gasteiger charge is 2.39. The number of rotatable bonds is 3. The third-order valence-corrected chi connectivity index (χ3v) is 5.68. The van der Waals surface area contributed by atoms with Crippen LogP contribution < -0.4 is 0 Å². The summed E-state index contributed by atoms with van der Waals surface area (Å²) in [5.41, 5.74) is 1.26. The van der Waals surface area contributed by atoms with Crippen molar-refractivity contribution in [3.8, 4) is 0 Å². The van der Waals surface area contributed by atoms with Crippen LogP contribution in [-0.2, 0) is 9.53 Å². The van der Waals surface area contributed by atoms with E-state index in [2.05, 4.69) is 32.1 Å². The fraction of sp³-hybridized carbons (Fsp3) is 0.737. The van der Waals surface area contributed by atoms with Gasteiger partial charge in [-0.1, -0.05) is 32.1 Å². The summed E-state index contributed by atoms with van der Waals surface area (Å²) >= 11 is 0. The molecule has 1 aliphatic heterocycles. The standard InChI is InChI=1S/C19H28O4/c1-11-7-13-4-3-12(2)16(19(13)17(21)8-11)6-5-15-9-14(20)10-18(22)23-15/h3-4,7,11-12,14-17,19-21H,5-6,8-10H2,1-2H3/t11-,12?,14+,15+,16-,17-,19-/m0/s1. The summed E-state index contributed by atoms with van der Waals surface area (Å²) in [6.07, 6.45) is 8.80. The van der Waals surface area contributed by atoms with Gasteiger partial charge in [0.2, 0.25) is 0 Å². The second-order valence-corrected chi connectivity index (χ2v) is 7.64. The SMILES string of the molecule is CC1C=CC2=C[C@H](C)C[C@H](O)[C@@H]2[C@H]1CC[C@@H]1C[C@@H](O)CC(=O)O1. The number of cyclic esters (lactones) is 1. The summed E-state index contributed by atoms with van der Waals surface area (Å²) in [7, 11) is 0. The number of fused-ring (bicyclic) bond motifs is 1. The Kier molecular flexibility index (Phi) is 4.93. The van der Waals surface area contributed by atoms with Crippen molar-refractivity contribution in [1.82, 2.24) is 0 Å². The predicted octanol–water partition coefficient (Wildman–Crippen LogP) is 2.60. The van der Waals surface area contributed by atoms with E-state index in [9.17, 15) is 15.0 Å². The van der Waals surface area contributed by atoms with Crippen LogP contribution in [0.25, 0.3) is 0 Å². The lowest BCUT2D eigenvalue weighted by molar-refractivity contribution is -0.160. The van der Waals surface area contributed by atoms with Crippen molar-refractivity contribution in [1.29, 1.82) is 0 Å². The number of allylic oxidation sites excluding steroid dienone is 3. The Labute approximate surface area is 138 Å². The Hall–Kier alpha value is -1.13. The summed E-state index contributed by atoms with van der Waals surface area (Å²) < 4.78 is 5.37. The highest BCUT2D eigenvalue weighted by atomic mass is 16.5. The molecule has 4 nitrogen and oxygen atoms in total. The van der Waals surface area contributed by atoms with Gasteiger partial charge in [-0.25, -0.2) is 0 Å². The van der Waals surface area contributed by atoms with Crippen LogP contribution in [0.2, 0.25) is 0 Å². The molecule has 1 fully saturated rings. The van der Waals surface area contributed by atoms with Gasteiger partial charge < -0.3 is 14.9 Å². The van der Waals surface area contributed by atoms with Gasteiger partial charge >= 0.3 is 5.97 Å². The summed E-state index contributed by atoms with van der Waals surface area (Å²) in [5.74, 6) is 1.09. The molecule has 0 saturated carbocycles. The molecule has 1 unspecified atom stereocenters. The van der Waals surface area contributed by atoms with E-state index < -0.39 is 6.10 Å². The van der Waals surface area contributed by atoms with E-state index in [1.165, 1.54) is 5.57 Å². The van der Waals surface area contributed by atoms with E-state index in [0.29, 0.717) is 24.2 Å². The lowest BCUT2D eigenvalue weighted by Gasteiger charge is -2.42. The Bertz CT molecular complexity index is 509. The van der Waals surface area contributed by atoms with Crippen molar-refractivity contribution in [2.45, 2.75) is 64.3 Å². The van der Waals surface area contributed by atoms with E-state index >= 15 is 0 Å². The molecule has 128 valence electrons. The molecule has 3 rings (SSSR count). The van der Waals surface area contributed by atoms with Gasteiger partial charge in [-0.2, -0.15) is 0 Å². The van der Waals surface area contributed by atoms with Crippen molar-refractivity contribution in [2.24, 2.45) is 23.7 Å². The number of hydrogen-bond donors (Lipinski definition) is 2. The van der Waals surface area contributed by atoms with Crippen molar-refractivity contribution >= 4 is 5.97 Å². The lowest BCUT2D eigenvalue weighted by Crippen LogP contribution is -2.39. The molecule has 0 aromatic carbocycles. The fourth-order valence-electron chi connectivity index (χ4n) is 4.55. The first-order chi connectivity index (χ1) is 10.9. The third-order valence-electron chi connectivity index (χ3n) is 5.68. The van der Waals surface area contributed by atoms with Crippen LogP contribution in [-0.4, -0.2) is 34.5 Å². The molecule has 0 aromatic rings. The minimum atomic E-state index is -0.568. The van der Waals surface area contributed by atoms with Gasteiger partial charge in [0.1, 0.15) is 6.10 Å². The third kappa shape index (κ3) is 3.69. The number of ether oxygens (including phenoxy) is 1. The van der Waals surface area contributed by atoms with Crippen molar-refractivity contribution in [2.75, 3.05) is 0 Å². The highest BCUT2D eigenvalue weighted by Crippen LogP contribution is 2.43. The molecule has 2 N–H and O–H groups in total. The molecule has 3 aliphatic rings.